The first kappa shape index (κ1) is 18.5. The van der Waals surface area contributed by atoms with Crippen LogP contribution in [0, 0.1) is 5.41 Å². The molecule has 1 saturated heterocycles. The third-order valence-corrected chi connectivity index (χ3v) is 4.19. The molecule has 0 aromatic heterocycles. The Bertz CT molecular complexity index is 597. The number of benzene rings is 1. The highest BCUT2D eigenvalue weighted by Crippen LogP contribution is 2.27. The normalized spacial score (nSPS) is 16.2. The van der Waals surface area contributed by atoms with Crippen LogP contribution in [0.3, 0.4) is 0 Å². The molecule has 1 N–H and O–H groups in total. The summed E-state index contributed by atoms with van der Waals surface area (Å²) < 4.78 is 0. The molecule has 0 spiro atoms. The van der Waals surface area contributed by atoms with Gasteiger partial charge in [-0.15, -0.1) is 0 Å². The number of nitrogens with one attached hydrogen (secondary N) is 1. The maximum Gasteiger partial charge on any atom is 0.251 e. The summed E-state index contributed by atoms with van der Waals surface area (Å²) in [5, 5.41) is 3.12. The maximum atomic E-state index is 12.5. The second-order valence-electron chi connectivity index (χ2n) is 8.62. The minimum absolute atomic E-state index is 0.0687. The number of rotatable bonds is 4. The summed E-state index contributed by atoms with van der Waals surface area (Å²) in [5.41, 5.74) is 1.39. The highest BCUT2D eigenvalue weighted by molar-refractivity contribution is 5.97. The number of piperidine rings is 1. The van der Waals surface area contributed by atoms with Crippen molar-refractivity contribution in [3.05, 3.63) is 29.8 Å². The van der Waals surface area contributed by atoms with Crippen LogP contribution in [0.2, 0.25) is 0 Å². The van der Waals surface area contributed by atoms with E-state index in [0.717, 1.165) is 31.5 Å². The van der Waals surface area contributed by atoms with Crippen LogP contribution in [0.25, 0.3) is 0 Å². The molecule has 0 radical (unpaired) electrons. The molecule has 1 aliphatic heterocycles. The first-order chi connectivity index (χ1) is 11.1. The van der Waals surface area contributed by atoms with Crippen LogP contribution in [-0.2, 0) is 4.79 Å². The van der Waals surface area contributed by atoms with Gasteiger partial charge < -0.3 is 10.2 Å². The lowest BCUT2D eigenvalue weighted by atomic mass is 9.81. The van der Waals surface area contributed by atoms with Gasteiger partial charge in [-0.05, 0) is 62.8 Å². The van der Waals surface area contributed by atoms with Crippen molar-refractivity contribution >= 4 is 17.5 Å². The van der Waals surface area contributed by atoms with Crippen molar-refractivity contribution in [1.82, 2.24) is 5.32 Å². The summed E-state index contributed by atoms with van der Waals surface area (Å²) in [6.07, 6.45) is 3.52. The summed E-state index contributed by atoms with van der Waals surface area (Å²) >= 11 is 0. The molecule has 0 aliphatic carbocycles. The Kier molecular flexibility index (Phi) is 5.36. The van der Waals surface area contributed by atoms with Gasteiger partial charge in [0.25, 0.3) is 5.91 Å². The van der Waals surface area contributed by atoms with Crippen molar-refractivity contribution < 1.29 is 9.59 Å². The predicted molar refractivity (Wildman–Crippen MR) is 98.3 cm³/mol. The molecule has 1 aliphatic rings. The average Bonchev–Trinajstić information content (AvgIpc) is 2.45. The molecule has 0 atom stereocenters. The number of hydrogen-bond donors (Lipinski definition) is 1. The number of anilines is 1. The van der Waals surface area contributed by atoms with E-state index in [9.17, 15) is 9.59 Å². The molecule has 2 rings (SSSR count). The Morgan fingerprint density at radius 3 is 2.25 bits per heavy atom. The minimum atomic E-state index is -0.267. The van der Waals surface area contributed by atoms with Crippen LogP contribution in [0.5, 0.6) is 0 Å². The topological polar surface area (TPSA) is 49.4 Å². The number of carbonyl (C=O) groups is 2. The molecule has 1 heterocycles. The van der Waals surface area contributed by atoms with Gasteiger partial charge in [0.05, 0.1) is 0 Å². The van der Waals surface area contributed by atoms with Gasteiger partial charge in [-0.3, -0.25) is 9.59 Å². The van der Waals surface area contributed by atoms with E-state index in [4.69, 9.17) is 0 Å². The number of hydrogen-bond acceptors (Lipinski definition) is 2. The monoisotopic (exact) mass is 330 g/mol. The average molecular weight is 330 g/mol. The van der Waals surface area contributed by atoms with Gasteiger partial charge in [-0.2, -0.15) is 0 Å². The molecule has 1 aromatic rings. The molecule has 0 unspecified atom stereocenters. The molecule has 4 nitrogen and oxygen atoms in total. The van der Waals surface area contributed by atoms with Crippen molar-refractivity contribution in [3.8, 4) is 0 Å². The lowest BCUT2D eigenvalue weighted by molar-refractivity contribution is -0.119. The predicted octanol–water partition coefficient (Wildman–Crippen LogP) is 4.15. The maximum absolute atomic E-state index is 12.5. The first-order valence-electron chi connectivity index (χ1n) is 8.80. The zero-order valence-corrected chi connectivity index (χ0v) is 15.6. The molecule has 0 bridgehead atoms. The SMILES string of the molecule is CC(C)(C)CC(C)(C)NC(=O)c1ccc(N2CCCCC2=O)cc1. The van der Waals surface area contributed by atoms with Gasteiger partial charge in [0, 0.05) is 29.8 Å². The second-order valence-corrected chi connectivity index (χ2v) is 8.62. The van der Waals surface area contributed by atoms with Crippen molar-refractivity contribution in [1.29, 1.82) is 0 Å². The van der Waals surface area contributed by atoms with E-state index in [1.165, 1.54) is 0 Å². The van der Waals surface area contributed by atoms with Crippen LogP contribution in [-0.4, -0.2) is 23.9 Å². The fraction of sp³-hybridized carbons (Fsp3) is 0.600. The largest absolute Gasteiger partial charge is 0.347 e. The van der Waals surface area contributed by atoms with Gasteiger partial charge >= 0.3 is 0 Å². The molecular formula is C20H30N2O2. The van der Waals surface area contributed by atoms with E-state index >= 15 is 0 Å². The molecule has 4 heteroatoms. The van der Waals surface area contributed by atoms with Crippen molar-refractivity contribution in [2.24, 2.45) is 5.41 Å². The van der Waals surface area contributed by atoms with Crippen LogP contribution >= 0.6 is 0 Å². The van der Waals surface area contributed by atoms with E-state index in [1.807, 2.05) is 17.0 Å². The van der Waals surface area contributed by atoms with E-state index in [2.05, 4.69) is 39.9 Å². The van der Waals surface area contributed by atoms with Gasteiger partial charge in [-0.1, -0.05) is 20.8 Å². The molecule has 1 aromatic carbocycles. The molecule has 1 fully saturated rings. The standard InChI is InChI=1S/C20H30N2O2/c1-19(2,3)14-20(4,5)21-18(24)15-9-11-16(12-10-15)22-13-7-6-8-17(22)23/h9-12H,6-8,13-14H2,1-5H3,(H,21,24). The van der Waals surface area contributed by atoms with E-state index < -0.39 is 0 Å². The van der Waals surface area contributed by atoms with E-state index in [0.29, 0.717) is 12.0 Å². The van der Waals surface area contributed by atoms with Crippen LogP contribution < -0.4 is 10.2 Å². The molecule has 2 amide bonds. The van der Waals surface area contributed by atoms with Gasteiger partial charge in [-0.25, -0.2) is 0 Å². The Morgan fingerprint density at radius 1 is 1.08 bits per heavy atom. The van der Waals surface area contributed by atoms with Crippen LogP contribution in [0.4, 0.5) is 5.69 Å². The van der Waals surface area contributed by atoms with E-state index in [-0.39, 0.29) is 22.8 Å². The van der Waals surface area contributed by atoms with Gasteiger partial charge in [0.2, 0.25) is 5.91 Å². The first-order valence-corrected chi connectivity index (χ1v) is 8.80. The molecule has 132 valence electrons. The quantitative estimate of drug-likeness (QED) is 0.901. The lowest BCUT2D eigenvalue weighted by Gasteiger charge is -2.33. The van der Waals surface area contributed by atoms with Crippen LogP contribution in [0.1, 0.15) is 70.7 Å². The Hall–Kier alpha value is -1.84. The van der Waals surface area contributed by atoms with Crippen LogP contribution in [0.15, 0.2) is 24.3 Å². The third kappa shape index (κ3) is 5.08. The highest BCUT2D eigenvalue weighted by Gasteiger charge is 2.27. The molecule has 24 heavy (non-hydrogen) atoms. The van der Waals surface area contributed by atoms with Gasteiger partial charge in [0.15, 0.2) is 0 Å². The second kappa shape index (κ2) is 6.96. The van der Waals surface area contributed by atoms with Gasteiger partial charge in [0.1, 0.15) is 0 Å². The Labute approximate surface area is 145 Å². The number of carbonyl (C=O) groups excluding carboxylic acids is 2. The third-order valence-electron chi connectivity index (χ3n) is 4.19. The zero-order chi connectivity index (χ0) is 18.0. The summed E-state index contributed by atoms with van der Waals surface area (Å²) in [7, 11) is 0. The smallest absolute Gasteiger partial charge is 0.251 e. The summed E-state index contributed by atoms with van der Waals surface area (Å²) in [6.45, 7) is 11.4. The zero-order valence-electron chi connectivity index (χ0n) is 15.6. The summed E-state index contributed by atoms with van der Waals surface area (Å²) in [5.74, 6) is 0.102. The Morgan fingerprint density at radius 2 is 1.71 bits per heavy atom. The van der Waals surface area contributed by atoms with Crippen molar-refractivity contribution in [2.45, 2.75) is 65.8 Å². The highest BCUT2D eigenvalue weighted by atomic mass is 16.2. The van der Waals surface area contributed by atoms with Crippen molar-refractivity contribution in [2.75, 3.05) is 11.4 Å². The lowest BCUT2D eigenvalue weighted by Crippen LogP contribution is -2.45. The van der Waals surface area contributed by atoms with Crippen molar-refractivity contribution in [3.63, 3.8) is 0 Å². The molecule has 0 saturated carbocycles. The minimum Gasteiger partial charge on any atom is -0.347 e. The fourth-order valence-electron chi connectivity index (χ4n) is 3.62. The number of nitrogens with zero attached hydrogens (tertiary/aromatic N) is 1. The number of amides is 2. The summed E-state index contributed by atoms with van der Waals surface area (Å²) in [4.78, 5) is 26.3. The fourth-order valence-corrected chi connectivity index (χ4v) is 3.62. The molecular weight excluding hydrogens is 300 g/mol. The van der Waals surface area contributed by atoms with E-state index in [1.54, 1.807) is 12.1 Å². The Balaban J connectivity index is 2.04. The summed E-state index contributed by atoms with van der Waals surface area (Å²) in [6, 6.07) is 7.35.